The third kappa shape index (κ3) is 1.91. The van der Waals surface area contributed by atoms with Crippen LogP contribution >= 0.6 is 0 Å². The van der Waals surface area contributed by atoms with Crippen molar-refractivity contribution in [1.82, 2.24) is 0 Å². The zero-order valence-corrected chi connectivity index (χ0v) is 11.4. The monoisotopic (exact) mass is 252 g/mol. The molecule has 1 aromatic rings. The summed E-state index contributed by atoms with van der Waals surface area (Å²) >= 11 is 0. The third-order valence-corrected chi connectivity index (χ3v) is 3.87. The lowest BCUT2D eigenvalue weighted by molar-refractivity contribution is 0.00578. The first kappa shape index (κ1) is 13.4. The second-order valence-corrected chi connectivity index (χ2v) is 5.71. The predicted octanol–water partition coefficient (Wildman–Crippen LogP) is 2.14. The van der Waals surface area contributed by atoms with E-state index in [4.69, 9.17) is 9.31 Å². The van der Waals surface area contributed by atoms with Gasteiger partial charge in [-0.25, -0.2) is 4.39 Å². The summed E-state index contributed by atoms with van der Waals surface area (Å²) in [7, 11) is -0.745. The highest BCUT2D eigenvalue weighted by Gasteiger charge is 2.53. The topological polar surface area (TPSA) is 38.7 Å². The molecule has 0 saturated carbocycles. The standard InChI is InChI=1S/C13H18BFO3/c1-8-6-7-9(15)11(16)10(8)14-17-12(2,3)13(4,5)18-14/h6-7,16H,1-5H3. The lowest BCUT2D eigenvalue weighted by Crippen LogP contribution is -2.41. The van der Waals surface area contributed by atoms with E-state index < -0.39 is 29.9 Å². The van der Waals surface area contributed by atoms with Crippen molar-refractivity contribution in [3.05, 3.63) is 23.5 Å². The van der Waals surface area contributed by atoms with E-state index in [0.717, 1.165) is 5.56 Å². The lowest BCUT2D eigenvalue weighted by atomic mass is 9.75. The summed E-state index contributed by atoms with van der Waals surface area (Å²) in [6.45, 7) is 9.45. The van der Waals surface area contributed by atoms with Gasteiger partial charge in [-0.3, -0.25) is 0 Å². The van der Waals surface area contributed by atoms with Gasteiger partial charge in [-0.15, -0.1) is 0 Å². The Morgan fingerprint density at radius 1 is 1.11 bits per heavy atom. The Morgan fingerprint density at radius 3 is 2.11 bits per heavy atom. The maximum Gasteiger partial charge on any atom is 0.499 e. The van der Waals surface area contributed by atoms with Crippen LogP contribution in [-0.4, -0.2) is 23.4 Å². The van der Waals surface area contributed by atoms with Gasteiger partial charge in [0.15, 0.2) is 11.6 Å². The number of phenolic OH excluding ortho intramolecular Hbond substituents is 1. The van der Waals surface area contributed by atoms with Crippen molar-refractivity contribution in [2.45, 2.75) is 45.8 Å². The Morgan fingerprint density at radius 2 is 1.61 bits per heavy atom. The summed E-state index contributed by atoms with van der Waals surface area (Å²) in [6.07, 6.45) is 0. The largest absolute Gasteiger partial charge is 0.505 e. The Kier molecular flexibility index (Phi) is 2.95. The van der Waals surface area contributed by atoms with Crippen molar-refractivity contribution in [3.63, 3.8) is 0 Å². The molecule has 5 heteroatoms. The van der Waals surface area contributed by atoms with E-state index in [1.807, 2.05) is 27.7 Å². The molecule has 1 aliphatic heterocycles. The molecule has 98 valence electrons. The summed E-state index contributed by atoms with van der Waals surface area (Å²) < 4.78 is 25.1. The molecule has 0 spiro atoms. The van der Waals surface area contributed by atoms with Crippen molar-refractivity contribution in [1.29, 1.82) is 0 Å². The summed E-state index contributed by atoms with van der Waals surface area (Å²) in [5, 5.41) is 9.84. The minimum Gasteiger partial charge on any atom is -0.505 e. The molecule has 18 heavy (non-hydrogen) atoms. The van der Waals surface area contributed by atoms with E-state index in [1.54, 1.807) is 13.0 Å². The fraction of sp³-hybridized carbons (Fsp3) is 0.538. The van der Waals surface area contributed by atoms with Gasteiger partial charge < -0.3 is 14.4 Å². The number of hydrogen-bond acceptors (Lipinski definition) is 3. The van der Waals surface area contributed by atoms with Gasteiger partial charge in [0.1, 0.15) is 0 Å². The minimum absolute atomic E-state index is 0.369. The Balaban J connectivity index is 2.44. The molecule has 1 aromatic carbocycles. The van der Waals surface area contributed by atoms with E-state index in [-0.39, 0.29) is 0 Å². The first-order valence-corrected chi connectivity index (χ1v) is 5.99. The molecular weight excluding hydrogens is 234 g/mol. The number of aromatic hydroxyl groups is 1. The van der Waals surface area contributed by atoms with Crippen molar-refractivity contribution in [3.8, 4) is 5.75 Å². The first-order chi connectivity index (χ1) is 8.16. The molecule has 1 fully saturated rings. The molecule has 0 atom stereocenters. The maximum atomic E-state index is 13.4. The average molecular weight is 252 g/mol. The lowest BCUT2D eigenvalue weighted by Gasteiger charge is -2.32. The number of rotatable bonds is 1. The summed E-state index contributed by atoms with van der Waals surface area (Å²) in [5.41, 5.74) is 0.0900. The van der Waals surface area contributed by atoms with Crippen molar-refractivity contribution in [2.75, 3.05) is 0 Å². The van der Waals surface area contributed by atoms with E-state index >= 15 is 0 Å². The molecule has 0 amide bonds. The highest BCUT2D eigenvalue weighted by molar-refractivity contribution is 6.63. The molecule has 1 saturated heterocycles. The molecule has 2 rings (SSSR count). The fourth-order valence-electron chi connectivity index (χ4n) is 1.94. The van der Waals surface area contributed by atoms with Crippen LogP contribution in [0.1, 0.15) is 33.3 Å². The molecule has 1 heterocycles. The zero-order chi connectivity index (χ0) is 13.7. The van der Waals surface area contributed by atoms with E-state index in [1.165, 1.54) is 6.07 Å². The number of aryl methyl sites for hydroxylation is 1. The minimum atomic E-state index is -0.745. The second-order valence-electron chi connectivity index (χ2n) is 5.71. The smallest absolute Gasteiger partial charge is 0.499 e. The van der Waals surface area contributed by atoms with Gasteiger partial charge in [0.25, 0.3) is 0 Å². The van der Waals surface area contributed by atoms with Crippen LogP contribution in [0.4, 0.5) is 4.39 Å². The van der Waals surface area contributed by atoms with Gasteiger partial charge in [-0.2, -0.15) is 0 Å². The van der Waals surface area contributed by atoms with Gasteiger partial charge >= 0.3 is 7.12 Å². The third-order valence-electron chi connectivity index (χ3n) is 3.87. The van der Waals surface area contributed by atoms with E-state index in [0.29, 0.717) is 5.46 Å². The van der Waals surface area contributed by atoms with Crippen LogP contribution in [-0.2, 0) is 9.31 Å². The van der Waals surface area contributed by atoms with Crippen LogP contribution in [0, 0.1) is 12.7 Å². The SMILES string of the molecule is Cc1ccc(F)c(O)c1B1OC(C)(C)C(C)(C)O1. The van der Waals surface area contributed by atoms with E-state index in [9.17, 15) is 9.50 Å². The Labute approximate surface area is 107 Å². The van der Waals surface area contributed by atoms with Gasteiger partial charge in [-0.1, -0.05) is 6.07 Å². The van der Waals surface area contributed by atoms with Crippen LogP contribution in [0.5, 0.6) is 5.75 Å². The number of benzene rings is 1. The summed E-state index contributed by atoms with van der Waals surface area (Å²) in [5.74, 6) is -1.06. The molecule has 0 aliphatic carbocycles. The van der Waals surface area contributed by atoms with Crippen LogP contribution in [0.25, 0.3) is 0 Å². The van der Waals surface area contributed by atoms with E-state index in [2.05, 4.69) is 0 Å². The summed E-state index contributed by atoms with van der Waals surface area (Å²) in [4.78, 5) is 0. The van der Waals surface area contributed by atoms with Crippen LogP contribution < -0.4 is 5.46 Å². The molecule has 0 radical (unpaired) electrons. The van der Waals surface area contributed by atoms with Crippen molar-refractivity contribution in [2.24, 2.45) is 0 Å². The van der Waals surface area contributed by atoms with Crippen LogP contribution in [0.15, 0.2) is 12.1 Å². The van der Waals surface area contributed by atoms with Gasteiger partial charge in [-0.05, 0) is 46.2 Å². The van der Waals surface area contributed by atoms with Gasteiger partial charge in [0.05, 0.1) is 11.2 Å². The summed E-state index contributed by atoms with van der Waals surface area (Å²) in [6, 6.07) is 2.84. The average Bonchev–Trinajstić information content (AvgIpc) is 2.43. The van der Waals surface area contributed by atoms with Crippen LogP contribution in [0.3, 0.4) is 0 Å². The zero-order valence-electron chi connectivity index (χ0n) is 11.4. The molecule has 0 aromatic heterocycles. The molecule has 0 bridgehead atoms. The molecule has 3 nitrogen and oxygen atoms in total. The number of phenols is 1. The number of hydrogen-bond donors (Lipinski definition) is 1. The second kappa shape index (κ2) is 3.97. The van der Waals surface area contributed by atoms with Crippen molar-refractivity contribution >= 4 is 12.6 Å². The van der Waals surface area contributed by atoms with Crippen LogP contribution in [0.2, 0.25) is 0 Å². The highest BCUT2D eigenvalue weighted by Crippen LogP contribution is 2.37. The quantitative estimate of drug-likeness (QED) is 0.778. The van der Waals surface area contributed by atoms with Gasteiger partial charge in [0, 0.05) is 5.46 Å². The predicted molar refractivity (Wildman–Crippen MR) is 68.5 cm³/mol. The molecular formula is C13H18BFO3. The number of halogens is 1. The normalized spacial score (nSPS) is 21.3. The highest BCUT2D eigenvalue weighted by atomic mass is 19.1. The first-order valence-electron chi connectivity index (χ1n) is 5.99. The molecule has 1 N–H and O–H groups in total. The fourth-order valence-corrected chi connectivity index (χ4v) is 1.94. The molecule has 1 aliphatic rings. The Hall–Kier alpha value is -1.07. The van der Waals surface area contributed by atoms with Gasteiger partial charge in [0.2, 0.25) is 0 Å². The molecule has 0 unspecified atom stereocenters. The Bertz CT molecular complexity index is 469. The van der Waals surface area contributed by atoms with Crippen molar-refractivity contribution < 1.29 is 18.8 Å². The maximum absolute atomic E-state index is 13.4.